The van der Waals surface area contributed by atoms with Crippen molar-refractivity contribution in [3.05, 3.63) is 22.8 Å². The monoisotopic (exact) mass is 293 g/mol. The van der Waals surface area contributed by atoms with E-state index in [9.17, 15) is 0 Å². The van der Waals surface area contributed by atoms with Gasteiger partial charge in [-0.05, 0) is 58.2 Å². The normalized spacial score (nSPS) is 13.5. The van der Waals surface area contributed by atoms with Gasteiger partial charge in [-0.25, -0.2) is 9.97 Å². The Labute approximate surface area is 129 Å². The second-order valence-corrected chi connectivity index (χ2v) is 5.97. The third-order valence-electron chi connectivity index (χ3n) is 4.47. The number of hydrogen-bond acceptors (Lipinski definition) is 4. The van der Waals surface area contributed by atoms with E-state index in [1.54, 1.807) is 7.11 Å². The van der Waals surface area contributed by atoms with Gasteiger partial charge in [-0.15, -0.1) is 0 Å². The molecule has 1 aromatic heterocycles. The highest BCUT2D eigenvalue weighted by Crippen LogP contribution is 2.31. The molecule has 1 N–H and O–H groups in total. The maximum absolute atomic E-state index is 5.76. The van der Waals surface area contributed by atoms with Crippen LogP contribution in [-0.4, -0.2) is 30.7 Å². The number of hydrogen-bond donors (Lipinski definition) is 1. The molecule has 1 aromatic rings. The van der Waals surface area contributed by atoms with Gasteiger partial charge >= 0.3 is 0 Å². The van der Waals surface area contributed by atoms with E-state index in [1.807, 2.05) is 7.05 Å². The van der Waals surface area contributed by atoms with E-state index >= 15 is 0 Å². The van der Waals surface area contributed by atoms with Gasteiger partial charge in [0.1, 0.15) is 5.60 Å². The lowest BCUT2D eigenvalue weighted by Gasteiger charge is -2.29. The Morgan fingerprint density at radius 2 is 1.67 bits per heavy atom. The fraction of sp³-hybridized carbons (Fsp3) is 0.765. The summed E-state index contributed by atoms with van der Waals surface area (Å²) in [5, 5.41) is 3.23. The summed E-state index contributed by atoms with van der Waals surface area (Å²) in [6.07, 6.45) is 2.78. The Balaban J connectivity index is 3.15. The van der Waals surface area contributed by atoms with Crippen molar-refractivity contribution in [2.24, 2.45) is 5.92 Å². The Morgan fingerprint density at radius 1 is 1.14 bits per heavy atom. The number of rotatable bonds is 8. The molecule has 0 saturated heterocycles. The molecule has 21 heavy (non-hydrogen) atoms. The molecule has 0 aliphatic heterocycles. The average molecular weight is 293 g/mol. The van der Waals surface area contributed by atoms with Crippen molar-refractivity contribution in [3.8, 4) is 0 Å². The van der Waals surface area contributed by atoms with Crippen molar-refractivity contribution in [2.75, 3.05) is 20.7 Å². The van der Waals surface area contributed by atoms with Crippen LogP contribution in [0.4, 0.5) is 0 Å². The van der Waals surface area contributed by atoms with Gasteiger partial charge in [0.05, 0.1) is 0 Å². The predicted molar refractivity (Wildman–Crippen MR) is 87.6 cm³/mol. The molecule has 0 aliphatic rings. The minimum Gasteiger partial charge on any atom is -0.370 e. The van der Waals surface area contributed by atoms with Crippen LogP contribution in [0, 0.1) is 19.8 Å². The van der Waals surface area contributed by atoms with Crippen molar-refractivity contribution in [2.45, 2.75) is 59.5 Å². The molecule has 1 atom stereocenters. The van der Waals surface area contributed by atoms with Crippen molar-refractivity contribution in [3.63, 3.8) is 0 Å². The SMILES string of the molecule is CCC(CC)(OC)c1nc(C)c(CC(C)CNC)c(C)n1. The van der Waals surface area contributed by atoms with E-state index in [2.05, 4.69) is 39.9 Å². The predicted octanol–water partition coefficient (Wildman–Crippen LogP) is 3.15. The molecule has 1 heterocycles. The number of nitrogens with one attached hydrogen (secondary N) is 1. The van der Waals surface area contributed by atoms with Gasteiger partial charge in [0.15, 0.2) is 5.82 Å². The van der Waals surface area contributed by atoms with Crippen LogP contribution >= 0.6 is 0 Å². The number of aryl methyl sites for hydroxylation is 2. The van der Waals surface area contributed by atoms with Crippen LogP contribution in [0.25, 0.3) is 0 Å². The van der Waals surface area contributed by atoms with E-state index in [0.717, 1.165) is 43.0 Å². The summed E-state index contributed by atoms with van der Waals surface area (Å²) < 4.78 is 5.76. The molecule has 0 saturated carbocycles. The molecule has 0 aliphatic carbocycles. The van der Waals surface area contributed by atoms with Gasteiger partial charge in [0, 0.05) is 18.5 Å². The molecule has 4 heteroatoms. The number of methoxy groups -OCH3 is 1. The second kappa shape index (κ2) is 7.85. The third kappa shape index (κ3) is 4.01. The van der Waals surface area contributed by atoms with Crippen LogP contribution in [0.3, 0.4) is 0 Å². The summed E-state index contributed by atoms with van der Waals surface area (Å²) in [4.78, 5) is 9.55. The minimum absolute atomic E-state index is 0.357. The maximum Gasteiger partial charge on any atom is 0.160 e. The van der Waals surface area contributed by atoms with Gasteiger partial charge in [0.2, 0.25) is 0 Å². The van der Waals surface area contributed by atoms with Crippen LogP contribution in [-0.2, 0) is 16.8 Å². The molecule has 0 radical (unpaired) electrons. The van der Waals surface area contributed by atoms with Crippen molar-refractivity contribution >= 4 is 0 Å². The topological polar surface area (TPSA) is 47.0 Å². The Hall–Kier alpha value is -1.00. The highest BCUT2D eigenvalue weighted by molar-refractivity contribution is 5.26. The fourth-order valence-electron chi connectivity index (χ4n) is 2.95. The standard InChI is InChI=1S/C17H31N3O/c1-8-17(9-2,21-7)16-19-13(4)15(14(5)20-16)10-12(3)11-18-6/h12,18H,8-11H2,1-7H3. The first kappa shape index (κ1) is 18.1. The quantitative estimate of drug-likeness (QED) is 0.800. The number of ether oxygens (including phenoxy) is 1. The highest BCUT2D eigenvalue weighted by Gasteiger charge is 2.32. The zero-order valence-corrected chi connectivity index (χ0v) is 14.7. The van der Waals surface area contributed by atoms with Crippen molar-refractivity contribution in [1.29, 1.82) is 0 Å². The molecule has 120 valence electrons. The Kier molecular flexibility index (Phi) is 6.75. The minimum atomic E-state index is -0.357. The van der Waals surface area contributed by atoms with E-state index in [4.69, 9.17) is 14.7 Å². The van der Waals surface area contributed by atoms with Crippen LogP contribution < -0.4 is 5.32 Å². The number of aromatic nitrogens is 2. The molecule has 1 rings (SSSR count). The molecule has 0 spiro atoms. The lowest BCUT2D eigenvalue weighted by atomic mass is 9.94. The summed E-state index contributed by atoms with van der Waals surface area (Å²) in [6, 6.07) is 0. The van der Waals surface area contributed by atoms with E-state index in [0.29, 0.717) is 5.92 Å². The maximum atomic E-state index is 5.76. The molecule has 0 fully saturated rings. The van der Waals surface area contributed by atoms with E-state index < -0.39 is 0 Å². The first-order valence-corrected chi connectivity index (χ1v) is 7.98. The van der Waals surface area contributed by atoms with Crippen molar-refractivity contribution < 1.29 is 4.74 Å². The first-order chi connectivity index (χ1) is 9.93. The molecule has 0 aromatic carbocycles. The van der Waals surface area contributed by atoms with Crippen molar-refractivity contribution in [1.82, 2.24) is 15.3 Å². The molecule has 4 nitrogen and oxygen atoms in total. The second-order valence-electron chi connectivity index (χ2n) is 5.97. The first-order valence-electron chi connectivity index (χ1n) is 7.98. The van der Waals surface area contributed by atoms with Gasteiger partial charge in [-0.2, -0.15) is 0 Å². The molecular weight excluding hydrogens is 262 g/mol. The lowest BCUT2D eigenvalue weighted by Crippen LogP contribution is -2.30. The van der Waals surface area contributed by atoms with Crippen LogP contribution in [0.2, 0.25) is 0 Å². The van der Waals surface area contributed by atoms with E-state index in [-0.39, 0.29) is 5.60 Å². The van der Waals surface area contributed by atoms with Gasteiger partial charge in [-0.3, -0.25) is 0 Å². The Morgan fingerprint density at radius 3 is 2.05 bits per heavy atom. The number of nitrogens with zero attached hydrogens (tertiary/aromatic N) is 2. The fourth-order valence-corrected chi connectivity index (χ4v) is 2.95. The van der Waals surface area contributed by atoms with Gasteiger partial charge in [-0.1, -0.05) is 20.8 Å². The zero-order chi connectivity index (χ0) is 16.0. The zero-order valence-electron chi connectivity index (χ0n) is 14.7. The smallest absolute Gasteiger partial charge is 0.160 e. The average Bonchev–Trinajstić information content (AvgIpc) is 2.46. The van der Waals surface area contributed by atoms with E-state index in [1.165, 1.54) is 5.56 Å². The lowest BCUT2D eigenvalue weighted by molar-refractivity contribution is -0.0294. The van der Waals surface area contributed by atoms with Gasteiger partial charge in [0.25, 0.3) is 0 Å². The van der Waals surface area contributed by atoms with Gasteiger partial charge < -0.3 is 10.1 Å². The van der Waals surface area contributed by atoms with Crippen LogP contribution in [0.1, 0.15) is 56.4 Å². The highest BCUT2D eigenvalue weighted by atomic mass is 16.5. The third-order valence-corrected chi connectivity index (χ3v) is 4.47. The molecular formula is C17H31N3O. The summed E-state index contributed by atoms with van der Waals surface area (Å²) in [6.45, 7) is 11.7. The summed E-state index contributed by atoms with van der Waals surface area (Å²) in [5.74, 6) is 1.40. The molecule has 0 amide bonds. The molecule has 1 unspecified atom stereocenters. The summed E-state index contributed by atoms with van der Waals surface area (Å²) in [5.41, 5.74) is 3.09. The summed E-state index contributed by atoms with van der Waals surface area (Å²) in [7, 11) is 3.75. The summed E-state index contributed by atoms with van der Waals surface area (Å²) >= 11 is 0. The van der Waals surface area contributed by atoms with Crippen LogP contribution in [0.15, 0.2) is 0 Å². The largest absolute Gasteiger partial charge is 0.370 e. The molecule has 0 bridgehead atoms. The van der Waals surface area contributed by atoms with Crippen LogP contribution in [0.5, 0.6) is 0 Å². The Bertz CT molecular complexity index is 424.